The molecule has 1 aromatic rings. The molecule has 0 saturated carbocycles. The molecule has 2 nitrogen and oxygen atoms in total. The first kappa shape index (κ1) is 11.1. The van der Waals surface area contributed by atoms with Crippen molar-refractivity contribution in [3.63, 3.8) is 0 Å². The predicted molar refractivity (Wildman–Crippen MR) is 62.4 cm³/mol. The molecule has 1 rings (SSSR count). The third-order valence-corrected chi connectivity index (χ3v) is 2.65. The summed E-state index contributed by atoms with van der Waals surface area (Å²) in [6.07, 6.45) is 0. The number of hydrogen-bond donors (Lipinski definition) is 0. The van der Waals surface area contributed by atoms with Gasteiger partial charge in [-0.25, -0.2) is 0 Å². The monoisotopic (exact) mass is 252 g/mol. The SMILES string of the molecule is CC(C)N(C)c1cc(Br)cc(C#N)c1. The van der Waals surface area contributed by atoms with Crippen LogP contribution in [0.15, 0.2) is 22.7 Å². The zero-order valence-electron chi connectivity index (χ0n) is 8.58. The number of rotatable bonds is 2. The van der Waals surface area contributed by atoms with Crippen molar-refractivity contribution < 1.29 is 0 Å². The molecule has 0 spiro atoms. The van der Waals surface area contributed by atoms with E-state index in [9.17, 15) is 0 Å². The molecular formula is C11H13BrN2. The smallest absolute Gasteiger partial charge is 0.0992 e. The Morgan fingerprint density at radius 1 is 1.36 bits per heavy atom. The maximum atomic E-state index is 8.82. The van der Waals surface area contributed by atoms with Crippen LogP contribution < -0.4 is 4.90 Å². The van der Waals surface area contributed by atoms with Crippen LogP contribution in [-0.4, -0.2) is 13.1 Å². The Morgan fingerprint density at radius 2 is 2.00 bits per heavy atom. The fraction of sp³-hybridized carbons (Fsp3) is 0.364. The van der Waals surface area contributed by atoms with Crippen molar-refractivity contribution in [3.8, 4) is 6.07 Å². The van der Waals surface area contributed by atoms with Crippen LogP contribution in [0.1, 0.15) is 19.4 Å². The summed E-state index contributed by atoms with van der Waals surface area (Å²) >= 11 is 3.39. The van der Waals surface area contributed by atoms with E-state index >= 15 is 0 Å². The molecular weight excluding hydrogens is 240 g/mol. The lowest BCUT2D eigenvalue weighted by Gasteiger charge is -2.24. The standard InChI is InChI=1S/C11H13BrN2/c1-8(2)14(3)11-5-9(7-13)4-10(12)6-11/h4-6,8H,1-3H3. The van der Waals surface area contributed by atoms with Gasteiger partial charge in [0.1, 0.15) is 0 Å². The number of hydrogen-bond acceptors (Lipinski definition) is 2. The molecule has 0 unspecified atom stereocenters. The van der Waals surface area contributed by atoms with Gasteiger partial charge in [-0.3, -0.25) is 0 Å². The average Bonchev–Trinajstić information content (AvgIpc) is 2.15. The summed E-state index contributed by atoms with van der Waals surface area (Å²) in [5.74, 6) is 0. The summed E-state index contributed by atoms with van der Waals surface area (Å²) in [4.78, 5) is 2.13. The third-order valence-electron chi connectivity index (χ3n) is 2.19. The molecule has 0 fully saturated rings. The maximum absolute atomic E-state index is 8.82. The van der Waals surface area contributed by atoms with Crippen LogP contribution in [0.5, 0.6) is 0 Å². The van der Waals surface area contributed by atoms with Crippen LogP contribution in [0.3, 0.4) is 0 Å². The maximum Gasteiger partial charge on any atom is 0.0992 e. The summed E-state index contributed by atoms with van der Waals surface area (Å²) < 4.78 is 0.944. The first-order valence-electron chi connectivity index (χ1n) is 4.48. The van der Waals surface area contributed by atoms with Gasteiger partial charge in [0.05, 0.1) is 11.6 Å². The van der Waals surface area contributed by atoms with Crippen molar-refractivity contribution in [2.75, 3.05) is 11.9 Å². The average molecular weight is 253 g/mol. The van der Waals surface area contributed by atoms with Gasteiger partial charge in [-0.15, -0.1) is 0 Å². The van der Waals surface area contributed by atoms with Gasteiger partial charge in [0.15, 0.2) is 0 Å². The Bertz CT molecular complexity index is 366. The zero-order chi connectivity index (χ0) is 10.7. The molecule has 0 aromatic heterocycles. The Kier molecular flexibility index (Phi) is 3.54. The fourth-order valence-electron chi connectivity index (χ4n) is 1.14. The zero-order valence-corrected chi connectivity index (χ0v) is 10.2. The van der Waals surface area contributed by atoms with E-state index in [0.29, 0.717) is 11.6 Å². The predicted octanol–water partition coefficient (Wildman–Crippen LogP) is 3.17. The molecule has 0 N–H and O–H groups in total. The van der Waals surface area contributed by atoms with E-state index in [2.05, 4.69) is 40.7 Å². The first-order chi connectivity index (χ1) is 6.54. The lowest BCUT2D eigenvalue weighted by atomic mass is 10.2. The molecule has 14 heavy (non-hydrogen) atoms. The molecule has 1 aromatic carbocycles. The van der Waals surface area contributed by atoms with Crippen molar-refractivity contribution in [1.29, 1.82) is 5.26 Å². The van der Waals surface area contributed by atoms with Crippen molar-refractivity contribution in [1.82, 2.24) is 0 Å². The van der Waals surface area contributed by atoms with E-state index in [0.717, 1.165) is 10.2 Å². The Balaban J connectivity index is 3.10. The molecule has 0 radical (unpaired) electrons. The summed E-state index contributed by atoms with van der Waals surface area (Å²) in [6.45, 7) is 4.24. The van der Waals surface area contributed by atoms with Crippen LogP contribution >= 0.6 is 15.9 Å². The van der Waals surface area contributed by atoms with Gasteiger partial charge in [-0.05, 0) is 32.0 Å². The van der Waals surface area contributed by atoms with Crippen molar-refractivity contribution in [3.05, 3.63) is 28.2 Å². The minimum absolute atomic E-state index is 0.427. The first-order valence-corrected chi connectivity index (χ1v) is 5.27. The molecule has 3 heteroatoms. The van der Waals surface area contributed by atoms with Crippen LogP contribution in [0.25, 0.3) is 0 Å². The summed E-state index contributed by atoms with van der Waals surface area (Å²) in [6, 6.07) is 8.30. The number of nitrogens with zero attached hydrogens (tertiary/aromatic N) is 2. The minimum Gasteiger partial charge on any atom is -0.372 e. The minimum atomic E-state index is 0.427. The second-order valence-corrected chi connectivity index (χ2v) is 4.43. The van der Waals surface area contributed by atoms with Crippen LogP contribution in [0.2, 0.25) is 0 Å². The molecule has 0 aliphatic carbocycles. The summed E-state index contributed by atoms with van der Waals surface area (Å²) in [5.41, 5.74) is 1.74. The molecule has 0 aliphatic heterocycles. The fourth-order valence-corrected chi connectivity index (χ4v) is 1.62. The number of halogens is 1. The highest BCUT2D eigenvalue weighted by Crippen LogP contribution is 2.22. The number of benzene rings is 1. The molecule has 0 aliphatic rings. The van der Waals surface area contributed by atoms with E-state index in [1.54, 1.807) is 0 Å². The van der Waals surface area contributed by atoms with E-state index in [4.69, 9.17) is 5.26 Å². The largest absolute Gasteiger partial charge is 0.372 e. The van der Waals surface area contributed by atoms with Gasteiger partial charge in [0.2, 0.25) is 0 Å². The van der Waals surface area contributed by atoms with E-state index in [1.165, 1.54) is 0 Å². The highest BCUT2D eigenvalue weighted by Gasteiger charge is 2.06. The van der Waals surface area contributed by atoms with Crippen LogP contribution in [0, 0.1) is 11.3 Å². The summed E-state index contributed by atoms with van der Waals surface area (Å²) in [7, 11) is 2.02. The number of anilines is 1. The van der Waals surface area contributed by atoms with Gasteiger partial charge in [-0.2, -0.15) is 5.26 Å². The lowest BCUT2D eigenvalue weighted by molar-refractivity contribution is 0.754. The van der Waals surface area contributed by atoms with Crippen molar-refractivity contribution in [2.45, 2.75) is 19.9 Å². The molecule has 0 saturated heterocycles. The van der Waals surface area contributed by atoms with Crippen molar-refractivity contribution in [2.24, 2.45) is 0 Å². The quantitative estimate of drug-likeness (QED) is 0.809. The molecule has 0 heterocycles. The van der Waals surface area contributed by atoms with E-state index in [-0.39, 0.29) is 0 Å². The second-order valence-electron chi connectivity index (χ2n) is 3.51. The van der Waals surface area contributed by atoms with Gasteiger partial charge in [0, 0.05) is 23.2 Å². The summed E-state index contributed by atoms with van der Waals surface area (Å²) in [5, 5.41) is 8.82. The van der Waals surface area contributed by atoms with Crippen LogP contribution in [0.4, 0.5) is 5.69 Å². The number of nitriles is 1. The highest BCUT2D eigenvalue weighted by molar-refractivity contribution is 9.10. The highest BCUT2D eigenvalue weighted by atomic mass is 79.9. The second kappa shape index (κ2) is 4.47. The molecule has 0 bridgehead atoms. The van der Waals surface area contributed by atoms with Gasteiger partial charge >= 0.3 is 0 Å². The van der Waals surface area contributed by atoms with E-state index < -0.39 is 0 Å². The van der Waals surface area contributed by atoms with Gasteiger partial charge < -0.3 is 4.90 Å². The van der Waals surface area contributed by atoms with Gasteiger partial charge in [-0.1, -0.05) is 15.9 Å². The molecule has 74 valence electrons. The van der Waals surface area contributed by atoms with Crippen LogP contribution in [-0.2, 0) is 0 Å². The molecule has 0 amide bonds. The topological polar surface area (TPSA) is 27.0 Å². The van der Waals surface area contributed by atoms with E-state index in [1.807, 2.05) is 25.2 Å². The Morgan fingerprint density at radius 3 is 2.50 bits per heavy atom. The van der Waals surface area contributed by atoms with Crippen molar-refractivity contribution >= 4 is 21.6 Å². The normalized spacial score (nSPS) is 10.0. The van der Waals surface area contributed by atoms with Gasteiger partial charge in [0.25, 0.3) is 0 Å². The Labute approximate surface area is 93.3 Å². The molecule has 0 atom stereocenters. The lowest BCUT2D eigenvalue weighted by Crippen LogP contribution is -2.25. The Hall–Kier alpha value is -1.01. The third kappa shape index (κ3) is 2.49.